The first kappa shape index (κ1) is 13.6. The molecule has 1 aromatic heterocycles. The Hall–Kier alpha value is -1.82. The Morgan fingerprint density at radius 1 is 1.47 bits per heavy atom. The molecule has 0 spiro atoms. The van der Waals surface area contributed by atoms with Crippen molar-refractivity contribution in [2.75, 3.05) is 12.8 Å². The predicted molar refractivity (Wildman–Crippen MR) is 75.6 cm³/mol. The van der Waals surface area contributed by atoms with E-state index in [0.717, 1.165) is 11.5 Å². The molecule has 0 atom stereocenters. The fourth-order valence-corrected chi connectivity index (χ4v) is 2.07. The van der Waals surface area contributed by atoms with E-state index in [1.54, 1.807) is 30.1 Å². The number of nitrogen functional groups attached to an aromatic ring is 1. The lowest BCUT2D eigenvalue weighted by atomic mass is 10.2. The summed E-state index contributed by atoms with van der Waals surface area (Å²) in [6, 6.07) is 6.92. The van der Waals surface area contributed by atoms with Crippen molar-refractivity contribution in [3.8, 4) is 0 Å². The van der Waals surface area contributed by atoms with Crippen molar-refractivity contribution < 1.29 is 9.32 Å². The van der Waals surface area contributed by atoms with Gasteiger partial charge in [0.25, 0.3) is 5.91 Å². The lowest BCUT2D eigenvalue weighted by Gasteiger charge is -2.16. The molecule has 2 aromatic rings. The van der Waals surface area contributed by atoms with Gasteiger partial charge in [-0.2, -0.15) is 0 Å². The maximum Gasteiger partial charge on any atom is 0.253 e. The summed E-state index contributed by atoms with van der Waals surface area (Å²) in [7, 11) is 1.72. The zero-order valence-corrected chi connectivity index (χ0v) is 12.3. The number of anilines is 1. The average molecular weight is 324 g/mol. The standard InChI is InChI=1S/C13H14BrN3O2/c1-8-5-10(16-19-8)7-17(2)13(18)9-3-4-12(15)11(14)6-9/h3-6H,7,15H2,1-2H3. The smallest absolute Gasteiger partial charge is 0.253 e. The summed E-state index contributed by atoms with van der Waals surface area (Å²) in [5.74, 6) is 0.632. The maximum atomic E-state index is 12.2. The van der Waals surface area contributed by atoms with Crippen LogP contribution in [0.2, 0.25) is 0 Å². The molecule has 0 fully saturated rings. The first-order valence-electron chi connectivity index (χ1n) is 5.70. The van der Waals surface area contributed by atoms with Crippen LogP contribution in [0, 0.1) is 6.92 Å². The molecule has 1 heterocycles. The molecule has 0 bridgehead atoms. The van der Waals surface area contributed by atoms with Crippen molar-refractivity contribution in [2.45, 2.75) is 13.5 Å². The fourth-order valence-electron chi connectivity index (χ4n) is 1.69. The topological polar surface area (TPSA) is 72.4 Å². The normalized spacial score (nSPS) is 10.5. The average Bonchev–Trinajstić information content (AvgIpc) is 2.77. The SMILES string of the molecule is Cc1cc(CN(C)C(=O)c2ccc(N)c(Br)c2)no1. The zero-order chi connectivity index (χ0) is 14.0. The third kappa shape index (κ3) is 3.14. The molecule has 19 heavy (non-hydrogen) atoms. The number of aromatic nitrogens is 1. The number of nitrogens with two attached hydrogens (primary N) is 1. The maximum absolute atomic E-state index is 12.2. The molecule has 100 valence electrons. The van der Waals surface area contributed by atoms with Crippen LogP contribution >= 0.6 is 15.9 Å². The van der Waals surface area contributed by atoms with Gasteiger partial charge in [-0.3, -0.25) is 4.79 Å². The Balaban J connectivity index is 2.12. The highest BCUT2D eigenvalue weighted by Gasteiger charge is 2.14. The molecular weight excluding hydrogens is 310 g/mol. The molecule has 0 aliphatic rings. The monoisotopic (exact) mass is 323 g/mol. The molecule has 0 saturated carbocycles. The highest BCUT2D eigenvalue weighted by Crippen LogP contribution is 2.21. The van der Waals surface area contributed by atoms with Gasteiger partial charge in [-0.25, -0.2) is 0 Å². The summed E-state index contributed by atoms with van der Waals surface area (Å²) in [5, 5.41) is 3.87. The Bertz CT molecular complexity index is 610. The van der Waals surface area contributed by atoms with Gasteiger partial charge < -0.3 is 15.2 Å². The molecule has 5 nitrogen and oxygen atoms in total. The number of carbonyl (C=O) groups excluding carboxylic acids is 1. The lowest BCUT2D eigenvalue weighted by molar-refractivity contribution is 0.0782. The van der Waals surface area contributed by atoms with E-state index in [4.69, 9.17) is 10.3 Å². The molecule has 2 rings (SSSR count). The minimum Gasteiger partial charge on any atom is -0.398 e. The first-order valence-corrected chi connectivity index (χ1v) is 6.49. The van der Waals surface area contributed by atoms with Crippen LogP contribution in [-0.2, 0) is 6.54 Å². The molecule has 1 aromatic carbocycles. The number of hydrogen-bond donors (Lipinski definition) is 1. The van der Waals surface area contributed by atoms with E-state index in [1.807, 2.05) is 13.0 Å². The van der Waals surface area contributed by atoms with Crippen LogP contribution in [0.15, 0.2) is 33.3 Å². The second kappa shape index (κ2) is 5.44. The van der Waals surface area contributed by atoms with Gasteiger partial charge >= 0.3 is 0 Å². The van der Waals surface area contributed by atoms with Gasteiger partial charge in [0.1, 0.15) is 11.5 Å². The van der Waals surface area contributed by atoms with E-state index in [0.29, 0.717) is 22.3 Å². The van der Waals surface area contributed by atoms with Crippen LogP contribution in [0.4, 0.5) is 5.69 Å². The van der Waals surface area contributed by atoms with Crippen LogP contribution in [0.1, 0.15) is 21.8 Å². The third-order valence-electron chi connectivity index (χ3n) is 2.67. The minimum atomic E-state index is -0.0960. The number of carbonyl (C=O) groups is 1. The summed E-state index contributed by atoms with van der Waals surface area (Å²) < 4.78 is 5.69. The van der Waals surface area contributed by atoms with Gasteiger partial charge in [-0.1, -0.05) is 5.16 Å². The number of hydrogen-bond acceptors (Lipinski definition) is 4. The van der Waals surface area contributed by atoms with Crippen molar-refractivity contribution in [2.24, 2.45) is 0 Å². The quantitative estimate of drug-likeness (QED) is 0.881. The molecule has 2 N–H and O–H groups in total. The summed E-state index contributed by atoms with van der Waals surface area (Å²) in [6.07, 6.45) is 0. The Labute approximate surface area is 119 Å². The number of amides is 1. The Morgan fingerprint density at radius 2 is 2.21 bits per heavy atom. The molecule has 0 saturated heterocycles. The molecule has 0 aliphatic heterocycles. The second-order valence-corrected chi connectivity index (χ2v) is 5.18. The molecular formula is C13H14BrN3O2. The van der Waals surface area contributed by atoms with Crippen LogP contribution in [0.5, 0.6) is 0 Å². The number of halogens is 1. The number of benzene rings is 1. The van der Waals surface area contributed by atoms with E-state index in [-0.39, 0.29) is 5.91 Å². The van der Waals surface area contributed by atoms with Gasteiger partial charge in [0.15, 0.2) is 0 Å². The minimum absolute atomic E-state index is 0.0960. The van der Waals surface area contributed by atoms with Gasteiger partial charge in [0.2, 0.25) is 0 Å². The van der Waals surface area contributed by atoms with E-state index < -0.39 is 0 Å². The van der Waals surface area contributed by atoms with Crippen LogP contribution in [-0.4, -0.2) is 23.0 Å². The summed E-state index contributed by atoms with van der Waals surface area (Å²) in [4.78, 5) is 13.8. The third-order valence-corrected chi connectivity index (χ3v) is 3.36. The summed E-state index contributed by atoms with van der Waals surface area (Å²) in [6.45, 7) is 2.22. The van der Waals surface area contributed by atoms with E-state index in [2.05, 4.69) is 21.1 Å². The largest absolute Gasteiger partial charge is 0.398 e. The highest BCUT2D eigenvalue weighted by molar-refractivity contribution is 9.10. The van der Waals surface area contributed by atoms with E-state index in [1.165, 1.54) is 0 Å². The summed E-state index contributed by atoms with van der Waals surface area (Å²) >= 11 is 3.31. The van der Waals surface area contributed by atoms with E-state index in [9.17, 15) is 4.79 Å². The molecule has 0 unspecified atom stereocenters. The van der Waals surface area contributed by atoms with Gasteiger partial charge in [0, 0.05) is 28.8 Å². The van der Waals surface area contributed by atoms with Crippen molar-refractivity contribution in [1.82, 2.24) is 10.1 Å². The highest BCUT2D eigenvalue weighted by atomic mass is 79.9. The molecule has 1 amide bonds. The lowest BCUT2D eigenvalue weighted by Crippen LogP contribution is -2.26. The van der Waals surface area contributed by atoms with Crippen LogP contribution < -0.4 is 5.73 Å². The van der Waals surface area contributed by atoms with Crippen molar-refractivity contribution >= 4 is 27.5 Å². The van der Waals surface area contributed by atoms with Crippen molar-refractivity contribution in [1.29, 1.82) is 0 Å². The Morgan fingerprint density at radius 3 is 2.79 bits per heavy atom. The van der Waals surface area contributed by atoms with Crippen LogP contribution in [0.25, 0.3) is 0 Å². The summed E-state index contributed by atoms with van der Waals surface area (Å²) in [5.41, 5.74) is 7.60. The van der Waals surface area contributed by atoms with Gasteiger partial charge in [0.05, 0.1) is 6.54 Å². The van der Waals surface area contributed by atoms with Gasteiger partial charge in [-0.15, -0.1) is 0 Å². The first-order chi connectivity index (χ1) is 8.97. The second-order valence-electron chi connectivity index (χ2n) is 4.33. The molecule has 6 heteroatoms. The van der Waals surface area contributed by atoms with Crippen molar-refractivity contribution in [3.05, 3.63) is 45.8 Å². The number of aryl methyl sites for hydroxylation is 1. The van der Waals surface area contributed by atoms with E-state index >= 15 is 0 Å². The Kier molecular flexibility index (Phi) is 3.90. The molecule has 0 radical (unpaired) electrons. The van der Waals surface area contributed by atoms with Crippen LogP contribution in [0.3, 0.4) is 0 Å². The van der Waals surface area contributed by atoms with Gasteiger partial charge in [-0.05, 0) is 41.1 Å². The number of rotatable bonds is 3. The fraction of sp³-hybridized carbons (Fsp3) is 0.231. The predicted octanol–water partition coefficient (Wildman–Crippen LogP) is 2.60. The molecule has 0 aliphatic carbocycles. The number of nitrogens with zero attached hydrogens (tertiary/aromatic N) is 2. The zero-order valence-electron chi connectivity index (χ0n) is 10.7. The van der Waals surface area contributed by atoms with Crippen molar-refractivity contribution in [3.63, 3.8) is 0 Å².